The van der Waals surface area contributed by atoms with E-state index in [-0.39, 0.29) is 16.2 Å². The van der Waals surface area contributed by atoms with Gasteiger partial charge in [-0.3, -0.25) is 10.1 Å². The van der Waals surface area contributed by atoms with E-state index >= 15 is 0 Å². The zero-order valence-corrected chi connectivity index (χ0v) is 10.1. The molecule has 1 fully saturated rings. The number of nitro groups is 1. The second-order valence-corrected chi connectivity index (χ2v) is 5.94. The van der Waals surface area contributed by atoms with Crippen LogP contribution in [0.5, 0.6) is 0 Å². The SMILES string of the molecule is C=S1CCN(c2ccc([N+](=O)[O-])cc2F)CC1. The summed E-state index contributed by atoms with van der Waals surface area (Å²) in [6.07, 6.45) is 0. The summed E-state index contributed by atoms with van der Waals surface area (Å²) in [6.45, 7) is 1.53. The number of nitrogens with zero attached hydrogens (tertiary/aromatic N) is 2. The van der Waals surface area contributed by atoms with Gasteiger partial charge in [0, 0.05) is 30.7 Å². The van der Waals surface area contributed by atoms with Gasteiger partial charge in [-0.25, -0.2) is 4.39 Å². The molecule has 0 aromatic heterocycles. The standard InChI is InChI=1S/C11H13FN2O2S/c1-17-6-4-13(5-7-17)11-3-2-9(14(15)16)8-10(11)12/h2-3,8H,1,4-7H2. The Morgan fingerprint density at radius 1 is 1.41 bits per heavy atom. The fraction of sp³-hybridized carbons (Fsp3) is 0.364. The number of non-ortho nitro benzene ring substituents is 1. The van der Waals surface area contributed by atoms with Gasteiger partial charge in [-0.15, -0.1) is 0 Å². The normalized spacial score (nSPS) is 17.1. The van der Waals surface area contributed by atoms with Gasteiger partial charge in [-0.1, -0.05) is 5.87 Å². The molecule has 1 heterocycles. The number of nitro benzene ring substituents is 1. The summed E-state index contributed by atoms with van der Waals surface area (Å²) in [6, 6.07) is 3.81. The number of anilines is 1. The fourth-order valence-electron chi connectivity index (χ4n) is 1.80. The Kier molecular flexibility index (Phi) is 3.42. The second kappa shape index (κ2) is 4.83. The molecule has 2 rings (SSSR count). The molecule has 0 atom stereocenters. The third-order valence-corrected chi connectivity index (χ3v) is 4.30. The lowest BCUT2D eigenvalue weighted by molar-refractivity contribution is -0.385. The Morgan fingerprint density at radius 3 is 2.59 bits per heavy atom. The minimum absolute atomic E-state index is 0.175. The van der Waals surface area contributed by atoms with Crippen molar-refractivity contribution in [1.82, 2.24) is 0 Å². The zero-order chi connectivity index (χ0) is 12.4. The smallest absolute Gasteiger partial charge is 0.272 e. The first-order valence-corrected chi connectivity index (χ1v) is 6.97. The fourth-order valence-corrected chi connectivity index (χ4v) is 2.96. The van der Waals surface area contributed by atoms with E-state index in [0.29, 0.717) is 5.69 Å². The van der Waals surface area contributed by atoms with Crippen molar-refractivity contribution in [2.75, 3.05) is 29.5 Å². The highest BCUT2D eigenvalue weighted by Gasteiger charge is 2.18. The van der Waals surface area contributed by atoms with Gasteiger partial charge in [0.05, 0.1) is 16.7 Å². The van der Waals surface area contributed by atoms with E-state index in [1.807, 2.05) is 4.90 Å². The van der Waals surface area contributed by atoms with Crippen LogP contribution in [0.1, 0.15) is 0 Å². The molecule has 17 heavy (non-hydrogen) atoms. The van der Waals surface area contributed by atoms with Gasteiger partial charge < -0.3 is 4.90 Å². The van der Waals surface area contributed by atoms with Crippen LogP contribution in [0.2, 0.25) is 0 Å². The molecule has 0 unspecified atom stereocenters. The van der Waals surface area contributed by atoms with Crippen LogP contribution in [0.25, 0.3) is 0 Å². The third-order valence-electron chi connectivity index (χ3n) is 2.78. The Morgan fingerprint density at radius 2 is 2.06 bits per heavy atom. The molecule has 0 amide bonds. The van der Waals surface area contributed by atoms with Crippen LogP contribution in [0.15, 0.2) is 18.2 Å². The first-order valence-electron chi connectivity index (χ1n) is 5.24. The Bertz CT molecular complexity index is 469. The molecule has 0 N–H and O–H groups in total. The molecule has 92 valence electrons. The summed E-state index contributed by atoms with van der Waals surface area (Å²) in [5.74, 6) is 5.39. The molecule has 1 aromatic carbocycles. The largest absolute Gasteiger partial charge is 0.368 e. The van der Waals surface area contributed by atoms with Crippen molar-refractivity contribution in [1.29, 1.82) is 0 Å². The number of hydrogen-bond donors (Lipinski definition) is 0. The van der Waals surface area contributed by atoms with E-state index in [9.17, 15) is 14.5 Å². The molecule has 0 radical (unpaired) electrons. The summed E-state index contributed by atoms with van der Waals surface area (Å²) in [4.78, 5) is 11.8. The number of rotatable bonds is 2. The summed E-state index contributed by atoms with van der Waals surface area (Å²) in [5, 5.41) is 10.5. The van der Waals surface area contributed by atoms with Crippen LogP contribution in [-0.2, 0) is 0 Å². The van der Waals surface area contributed by atoms with Crippen LogP contribution in [0.3, 0.4) is 0 Å². The average Bonchev–Trinajstić information content (AvgIpc) is 2.30. The monoisotopic (exact) mass is 256 g/mol. The molecule has 1 aliphatic heterocycles. The minimum atomic E-state index is -0.587. The highest BCUT2D eigenvalue weighted by Crippen LogP contribution is 2.27. The zero-order valence-electron chi connectivity index (χ0n) is 9.26. The van der Waals surface area contributed by atoms with Crippen molar-refractivity contribution in [2.45, 2.75) is 0 Å². The predicted molar refractivity (Wildman–Crippen MR) is 69.7 cm³/mol. The van der Waals surface area contributed by atoms with Crippen molar-refractivity contribution in [2.24, 2.45) is 0 Å². The molecular weight excluding hydrogens is 243 g/mol. The van der Waals surface area contributed by atoms with Gasteiger partial charge in [0.2, 0.25) is 0 Å². The van der Waals surface area contributed by atoms with E-state index in [2.05, 4.69) is 5.87 Å². The first kappa shape index (κ1) is 12.0. The maximum absolute atomic E-state index is 13.7. The molecular formula is C11H13FN2O2S. The van der Waals surface area contributed by atoms with Crippen LogP contribution < -0.4 is 4.90 Å². The van der Waals surface area contributed by atoms with Gasteiger partial charge in [0.25, 0.3) is 5.69 Å². The Hall–Kier alpha value is -1.43. The number of benzene rings is 1. The van der Waals surface area contributed by atoms with E-state index < -0.39 is 10.7 Å². The van der Waals surface area contributed by atoms with Gasteiger partial charge in [-0.2, -0.15) is 10.5 Å². The van der Waals surface area contributed by atoms with Crippen molar-refractivity contribution in [3.63, 3.8) is 0 Å². The maximum Gasteiger partial charge on any atom is 0.272 e. The van der Waals surface area contributed by atoms with Gasteiger partial charge in [0.1, 0.15) is 0 Å². The Balaban J connectivity index is 2.21. The molecule has 0 saturated carbocycles. The Labute approximate surface area is 101 Å². The molecule has 0 bridgehead atoms. The van der Waals surface area contributed by atoms with E-state index in [4.69, 9.17) is 0 Å². The average molecular weight is 256 g/mol. The summed E-state index contributed by atoms with van der Waals surface area (Å²) >= 11 is 0. The van der Waals surface area contributed by atoms with Gasteiger partial charge in [-0.05, 0) is 6.07 Å². The quantitative estimate of drug-likeness (QED) is 0.463. The summed E-state index contributed by atoms with van der Waals surface area (Å²) in [7, 11) is 0.175. The second-order valence-electron chi connectivity index (χ2n) is 3.90. The van der Waals surface area contributed by atoms with Crippen LogP contribution in [0.4, 0.5) is 15.8 Å². The molecule has 4 nitrogen and oxygen atoms in total. The molecule has 0 spiro atoms. The highest BCUT2D eigenvalue weighted by atomic mass is 32.2. The lowest BCUT2D eigenvalue weighted by atomic mass is 10.2. The number of hydrogen-bond acceptors (Lipinski definition) is 3. The lowest BCUT2D eigenvalue weighted by Gasteiger charge is -2.30. The highest BCUT2D eigenvalue weighted by molar-refractivity contribution is 8.14. The summed E-state index contributed by atoms with van der Waals surface area (Å²) in [5.41, 5.74) is 0.243. The van der Waals surface area contributed by atoms with Crippen molar-refractivity contribution >= 4 is 27.7 Å². The predicted octanol–water partition coefficient (Wildman–Crippen LogP) is 2.25. The van der Waals surface area contributed by atoms with E-state index in [0.717, 1.165) is 30.7 Å². The van der Waals surface area contributed by atoms with Gasteiger partial charge in [0.15, 0.2) is 5.82 Å². The van der Waals surface area contributed by atoms with Crippen molar-refractivity contribution < 1.29 is 9.31 Å². The van der Waals surface area contributed by atoms with Crippen molar-refractivity contribution in [3.8, 4) is 0 Å². The third kappa shape index (κ3) is 2.63. The summed E-state index contributed by atoms with van der Waals surface area (Å²) < 4.78 is 13.7. The van der Waals surface area contributed by atoms with Crippen molar-refractivity contribution in [3.05, 3.63) is 34.1 Å². The van der Waals surface area contributed by atoms with Crippen LogP contribution >= 0.6 is 10.5 Å². The van der Waals surface area contributed by atoms with Gasteiger partial charge >= 0.3 is 0 Å². The first-order chi connectivity index (χ1) is 8.08. The molecule has 1 saturated heterocycles. The molecule has 0 aliphatic carbocycles. The number of halogens is 1. The van der Waals surface area contributed by atoms with E-state index in [1.165, 1.54) is 12.1 Å². The molecule has 6 heteroatoms. The minimum Gasteiger partial charge on any atom is -0.368 e. The van der Waals surface area contributed by atoms with Crippen LogP contribution in [0, 0.1) is 15.9 Å². The molecule has 1 aliphatic rings. The molecule has 1 aromatic rings. The lowest BCUT2D eigenvalue weighted by Crippen LogP contribution is -2.34. The van der Waals surface area contributed by atoms with E-state index in [1.54, 1.807) is 0 Å². The topological polar surface area (TPSA) is 46.4 Å². The maximum atomic E-state index is 13.7. The van der Waals surface area contributed by atoms with Crippen LogP contribution in [-0.4, -0.2) is 35.4 Å².